The molecule has 0 saturated heterocycles. The minimum Gasteiger partial charge on any atom is -0.475 e. The van der Waals surface area contributed by atoms with E-state index in [0.717, 1.165) is 76.6 Å². The topological polar surface area (TPSA) is 34.2 Å². The summed E-state index contributed by atoms with van der Waals surface area (Å²) in [6.45, 7) is 14.8. The van der Waals surface area contributed by atoms with Crippen molar-refractivity contribution in [2.24, 2.45) is 0 Å². The average Bonchev–Trinajstić information content (AvgIpc) is 2.91. The molecule has 0 radical (unpaired) electrons. The van der Waals surface area contributed by atoms with Crippen molar-refractivity contribution in [1.82, 2.24) is 9.80 Å². The maximum Gasteiger partial charge on any atom is 0.152 e. The van der Waals surface area contributed by atoms with E-state index in [1.807, 2.05) is 0 Å². The average molecular weight is 519 g/mol. The first-order valence-electron chi connectivity index (χ1n) is 15.7. The molecule has 0 aliphatic carbocycles. The normalized spacial score (nSPS) is 19.4. The SMILES string of the molecule is CCCCCCCN(CC)C1CCCOCCCC(N(CC)CCCCCCC)Oc2cccc(c2)O1. The van der Waals surface area contributed by atoms with Crippen LogP contribution < -0.4 is 9.47 Å². The predicted molar refractivity (Wildman–Crippen MR) is 157 cm³/mol. The Morgan fingerprint density at radius 2 is 1.11 bits per heavy atom. The molecule has 2 rings (SSSR count). The van der Waals surface area contributed by atoms with Crippen LogP contribution in [0.15, 0.2) is 24.3 Å². The van der Waals surface area contributed by atoms with Gasteiger partial charge in [-0.1, -0.05) is 85.1 Å². The van der Waals surface area contributed by atoms with Gasteiger partial charge in [0.15, 0.2) is 12.5 Å². The van der Waals surface area contributed by atoms with Gasteiger partial charge in [0.2, 0.25) is 0 Å². The lowest BCUT2D eigenvalue weighted by Crippen LogP contribution is -2.41. The van der Waals surface area contributed by atoms with Crippen LogP contribution in [-0.4, -0.2) is 61.6 Å². The molecule has 1 aliphatic rings. The molecule has 0 aromatic heterocycles. The van der Waals surface area contributed by atoms with Crippen LogP contribution in [0.5, 0.6) is 11.5 Å². The second-order valence-electron chi connectivity index (χ2n) is 10.6. The van der Waals surface area contributed by atoms with E-state index in [2.05, 4.69) is 61.8 Å². The lowest BCUT2D eigenvalue weighted by Gasteiger charge is -2.33. The Labute approximate surface area is 229 Å². The number of ether oxygens (including phenoxy) is 3. The van der Waals surface area contributed by atoms with Gasteiger partial charge in [0.1, 0.15) is 11.5 Å². The van der Waals surface area contributed by atoms with Crippen molar-refractivity contribution in [1.29, 1.82) is 0 Å². The fraction of sp³-hybridized carbons (Fsp3) is 0.812. The molecule has 0 spiro atoms. The van der Waals surface area contributed by atoms with E-state index in [1.54, 1.807) is 0 Å². The molecular formula is C32H58N2O3. The van der Waals surface area contributed by atoms with Crippen molar-refractivity contribution >= 4 is 0 Å². The van der Waals surface area contributed by atoms with Gasteiger partial charge in [-0.2, -0.15) is 0 Å². The van der Waals surface area contributed by atoms with Gasteiger partial charge in [-0.05, 0) is 50.9 Å². The monoisotopic (exact) mass is 518 g/mol. The van der Waals surface area contributed by atoms with Crippen LogP contribution in [0.1, 0.15) is 118 Å². The fourth-order valence-electron chi connectivity index (χ4n) is 5.24. The van der Waals surface area contributed by atoms with Crippen LogP contribution in [0.4, 0.5) is 0 Å². The molecule has 214 valence electrons. The zero-order valence-corrected chi connectivity index (χ0v) is 24.7. The van der Waals surface area contributed by atoms with Crippen LogP contribution in [-0.2, 0) is 4.74 Å². The molecule has 5 nitrogen and oxygen atoms in total. The van der Waals surface area contributed by atoms with Crippen LogP contribution >= 0.6 is 0 Å². The third-order valence-electron chi connectivity index (χ3n) is 7.55. The lowest BCUT2D eigenvalue weighted by molar-refractivity contribution is 0.000338. The third kappa shape index (κ3) is 13.4. The van der Waals surface area contributed by atoms with Gasteiger partial charge in [0.25, 0.3) is 0 Å². The van der Waals surface area contributed by atoms with Crippen LogP contribution in [0.3, 0.4) is 0 Å². The predicted octanol–water partition coefficient (Wildman–Crippen LogP) is 8.27. The van der Waals surface area contributed by atoms with Crippen molar-refractivity contribution in [2.45, 2.75) is 130 Å². The van der Waals surface area contributed by atoms with Gasteiger partial charge in [0, 0.05) is 45.2 Å². The van der Waals surface area contributed by atoms with E-state index in [1.165, 1.54) is 64.2 Å². The number of rotatable bonds is 16. The molecule has 37 heavy (non-hydrogen) atoms. The lowest BCUT2D eigenvalue weighted by atomic mass is 10.1. The molecule has 0 saturated carbocycles. The van der Waals surface area contributed by atoms with Gasteiger partial charge in [-0.25, -0.2) is 0 Å². The third-order valence-corrected chi connectivity index (χ3v) is 7.55. The summed E-state index contributed by atoms with van der Waals surface area (Å²) < 4.78 is 19.3. The minimum atomic E-state index is 0.0732. The molecule has 1 aromatic rings. The Bertz CT molecular complexity index is 620. The molecule has 2 atom stereocenters. The summed E-state index contributed by atoms with van der Waals surface area (Å²) in [5.41, 5.74) is 0. The van der Waals surface area contributed by atoms with E-state index >= 15 is 0 Å². The Morgan fingerprint density at radius 1 is 0.649 bits per heavy atom. The number of nitrogens with zero attached hydrogens (tertiary/aromatic N) is 2. The summed E-state index contributed by atoms with van der Waals surface area (Å²) in [6.07, 6.45) is 17.2. The molecule has 1 aromatic carbocycles. The molecular weight excluding hydrogens is 460 g/mol. The zero-order valence-electron chi connectivity index (χ0n) is 24.7. The highest BCUT2D eigenvalue weighted by molar-refractivity contribution is 5.33. The van der Waals surface area contributed by atoms with Gasteiger partial charge in [-0.15, -0.1) is 0 Å². The Morgan fingerprint density at radius 3 is 1.54 bits per heavy atom. The van der Waals surface area contributed by atoms with Crippen molar-refractivity contribution in [3.05, 3.63) is 24.3 Å². The molecule has 2 unspecified atom stereocenters. The smallest absolute Gasteiger partial charge is 0.152 e. The van der Waals surface area contributed by atoms with Gasteiger partial charge in [0.05, 0.1) is 0 Å². The maximum atomic E-state index is 6.63. The van der Waals surface area contributed by atoms with Crippen LogP contribution in [0, 0.1) is 0 Å². The molecule has 5 heteroatoms. The molecule has 0 amide bonds. The van der Waals surface area contributed by atoms with Crippen molar-refractivity contribution in [3.8, 4) is 11.5 Å². The van der Waals surface area contributed by atoms with Crippen molar-refractivity contribution < 1.29 is 14.2 Å². The fourth-order valence-corrected chi connectivity index (χ4v) is 5.24. The number of unbranched alkanes of at least 4 members (excludes halogenated alkanes) is 8. The van der Waals surface area contributed by atoms with Gasteiger partial charge in [-0.3, -0.25) is 9.80 Å². The maximum absolute atomic E-state index is 6.63. The van der Waals surface area contributed by atoms with E-state index in [4.69, 9.17) is 14.2 Å². The Kier molecular flexibility index (Phi) is 17.8. The highest BCUT2D eigenvalue weighted by Gasteiger charge is 2.21. The summed E-state index contributed by atoms with van der Waals surface area (Å²) in [4.78, 5) is 5.01. The van der Waals surface area contributed by atoms with Crippen LogP contribution in [0.2, 0.25) is 0 Å². The van der Waals surface area contributed by atoms with E-state index in [-0.39, 0.29) is 12.5 Å². The summed E-state index contributed by atoms with van der Waals surface area (Å²) in [5.74, 6) is 1.82. The second kappa shape index (κ2) is 20.6. The first-order valence-corrected chi connectivity index (χ1v) is 15.7. The Balaban J connectivity index is 2.07. The quantitative estimate of drug-likeness (QED) is 0.206. The summed E-state index contributed by atoms with van der Waals surface area (Å²) in [6, 6.07) is 8.34. The number of hydrogen-bond acceptors (Lipinski definition) is 5. The highest BCUT2D eigenvalue weighted by Crippen LogP contribution is 2.26. The summed E-state index contributed by atoms with van der Waals surface area (Å²) >= 11 is 0. The standard InChI is InChI=1S/C32H58N2O3/c1-5-9-11-13-15-24-33(7-3)31-22-18-26-35-27-19-23-32(34(8-4)25-16-14-12-10-6-2)37-30-21-17-20-29(28-30)36-31/h17,20-21,28,31-32H,5-16,18-19,22-27H2,1-4H3. The van der Waals surface area contributed by atoms with Crippen molar-refractivity contribution in [3.63, 3.8) is 0 Å². The number of benzene rings is 1. The zero-order chi connectivity index (χ0) is 26.6. The van der Waals surface area contributed by atoms with Crippen LogP contribution in [0.25, 0.3) is 0 Å². The van der Waals surface area contributed by atoms with Gasteiger partial charge < -0.3 is 14.2 Å². The summed E-state index contributed by atoms with van der Waals surface area (Å²) in [5, 5.41) is 0. The molecule has 0 fully saturated rings. The first-order chi connectivity index (χ1) is 18.2. The summed E-state index contributed by atoms with van der Waals surface area (Å²) in [7, 11) is 0. The van der Waals surface area contributed by atoms with Crippen molar-refractivity contribution in [2.75, 3.05) is 39.4 Å². The second-order valence-corrected chi connectivity index (χ2v) is 10.6. The minimum absolute atomic E-state index is 0.0732. The highest BCUT2D eigenvalue weighted by atomic mass is 16.5. The number of hydrogen-bond donors (Lipinski definition) is 0. The molecule has 0 N–H and O–H groups in total. The first kappa shape index (κ1) is 31.9. The molecule has 2 bridgehead atoms. The van der Waals surface area contributed by atoms with E-state index in [0.29, 0.717) is 0 Å². The largest absolute Gasteiger partial charge is 0.475 e. The molecule has 1 heterocycles. The molecule has 1 aliphatic heterocycles. The van der Waals surface area contributed by atoms with E-state index < -0.39 is 0 Å². The Hall–Kier alpha value is -1.30. The van der Waals surface area contributed by atoms with Gasteiger partial charge >= 0.3 is 0 Å². The number of fused-ring (bicyclic) bond motifs is 2. The van der Waals surface area contributed by atoms with E-state index in [9.17, 15) is 0 Å².